The quantitative estimate of drug-likeness (QED) is 0.673. The average molecular weight is 392 g/mol. The van der Waals surface area contributed by atoms with Gasteiger partial charge in [-0.2, -0.15) is 11.3 Å². The van der Waals surface area contributed by atoms with Crippen LogP contribution in [0.5, 0.6) is 0 Å². The van der Waals surface area contributed by atoms with Crippen molar-refractivity contribution in [3.8, 4) is 0 Å². The van der Waals surface area contributed by atoms with Crippen LogP contribution >= 0.6 is 22.9 Å². The smallest absolute Gasteiger partial charge is 0.230 e. The predicted molar refractivity (Wildman–Crippen MR) is 108 cm³/mol. The number of rotatable bonds is 8. The number of halogens is 1. The molecule has 140 valence electrons. The summed E-state index contributed by atoms with van der Waals surface area (Å²) in [4.78, 5) is 13.1. The van der Waals surface area contributed by atoms with Gasteiger partial charge in [0.1, 0.15) is 0 Å². The largest absolute Gasteiger partial charge is 0.396 e. The van der Waals surface area contributed by atoms with E-state index in [0.29, 0.717) is 17.5 Å². The molecule has 1 amide bonds. The van der Waals surface area contributed by atoms with Crippen molar-refractivity contribution in [1.82, 2.24) is 5.32 Å². The Kier molecular flexibility index (Phi) is 6.74. The molecule has 3 rings (SSSR count). The molecule has 0 radical (unpaired) electrons. The zero-order valence-electron chi connectivity index (χ0n) is 14.9. The first-order chi connectivity index (χ1) is 12.7. The third kappa shape index (κ3) is 4.30. The Labute approximate surface area is 164 Å². The topological polar surface area (TPSA) is 49.3 Å². The van der Waals surface area contributed by atoms with Gasteiger partial charge in [-0.05, 0) is 71.7 Å². The Balaban J connectivity index is 1.64. The number of benzene rings is 1. The highest BCUT2D eigenvalue weighted by atomic mass is 35.5. The minimum atomic E-state index is -0.417. The highest BCUT2D eigenvalue weighted by Crippen LogP contribution is 2.41. The van der Waals surface area contributed by atoms with E-state index in [0.717, 1.165) is 44.1 Å². The van der Waals surface area contributed by atoms with E-state index in [-0.39, 0.29) is 12.5 Å². The zero-order valence-corrected chi connectivity index (χ0v) is 16.5. The Morgan fingerprint density at radius 1 is 1.19 bits per heavy atom. The van der Waals surface area contributed by atoms with Crippen molar-refractivity contribution in [1.29, 1.82) is 0 Å². The van der Waals surface area contributed by atoms with Crippen LogP contribution in [0.15, 0.2) is 41.1 Å². The monoisotopic (exact) mass is 391 g/mol. The van der Waals surface area contributed by atoms with Gasteiger partial charge in [-0.1, -0.05) is 36.6 Å². The SMILES string of the molecule is O=C(NCC[C@H](CCO)c1ccsc1)C1(c2ccc(Cl)cc2)CCCC1. The number of aliphatic hydroxyl groups excluding tert-OH is 1. The Bertz CT molecular complexity index is 693. The van der Waals surface area contributed by atoms with Crippen LogP contribution in [0.25, 0.3) is 0 Å². The van der Waals surface area contributed by atoms with Crippen LogP contribution in [0.1, 0.15) is 55.6 Å². The number of hydrogen-bond donors (Lipinski definition) is 2. The van der Waals surface area contributed by atoms with E-state index >= 15 is 0 Å². The molecule has 26 heavy (non-hydrogen) atoms. The van der Waals surface area contributed by atoms with Crippen molar-refractivity contribution in [3.63, 3.8) is 0 Å². The molecule has 0 bridgehead atoms. The Morgan fingerprint density at radius 3 is 2.54 bits per heavy atom. The van der Waals surface area contributed by atoms with E-state index in [2.05, 4.69) is 22.1 Å². The van der Waals surface area contributed by atoms with E-state index in [1.165, 1.54) is 5.56 Å². The second-order valence-electron chi connectivity index (χ2n) is 7.11. The molecular weight excluding hydrogens is 366 g/mol. The summed E-state index contributed by atoms with van der Waals surface area (Å²) in [5.41, 5.74) is 1.91. The third-order valence-corrected chi connectivity index (χ3v) is 6.51. The van der Waals surface area contributed by atoms with E-state index in [1.807, 2.05) is 24.3 Å². The summed E-state index contributed by atoms with van der Waals surface area (Å²) in [6.07, 6.45) is 5.53. The number of thiophene rings is 1. The van der Waals surface area contributed by atoms with Gasteiger partial charge in [0.2, 0.25) is 5.91 Å². The molecule has 3 nitrogen and oxygen atoms in total. The summed E-state index contributed by atoms with van der Waals surface area (Å²) in [6.45, 7) is 0.803. The van der Waals surface area contributed by atoms with Crippen LogP contribution in [0.4, 0.5) is 0 Å². The maximum absolute atomic E-state index is 13.1. The van der Waals surface area contributed by atoms with Crippen LogP contribution in [0.2, 0.25) is 5.02 Å². The van der Waals surface area contributed by atoms with Crippen LogP contribution in [-0.2, 0) is 10.2 Å². The van der Waals surface area contributed by atoms with E-state index < -0.39 is 5.41 Å². The molecule has 1 atom stereocenters. The number of aliphatic hydroxyl groups is 1. The van der Waals surface area contributed by atoms with Crippen molar-refractivity contribution >= 4 is 28.8 Å². The van der Waals surface area contributed by atoms with Crippen molar-refractivity contribution in [2.75, 3.05) is 13.2 Å². The molecular formula is C21H26ClNO2S. The van der Waals surface area contributed by atoms with Crippen molar-refractivity contribution in [3.05, 3.63) is 57.2 Å². The molecule has 0 unspecified atom stereocenters. The fourth-order valence-electron chi connectivity index (χ4n) is 4.06. The Morgan fingerprint density at radius 2 is 1.92 bits per heavy atom. The third-order valence-electron chi connectivity index (χ3n) is 5.56. The number of carbonyl (C=O) groups excluding carboxylic acids is 1. The lowest BCUT2D eigenvalue weighted by molar-refractivity contribution is -0.126. The normalized spacial score (nSPS) is 17.2. The first kappa shape index (κ1) is 19.4. The fraction of sp³-hybridized carbons (Fsp3) is 0.476. The van der Waals surface area contributed by atoms with Crippen LogP contribution in [0, 0.1) is 0 Å². The van der Waals surface area contributed by atoms with Crippen molar-refractivity contribution < 1.29 is 9.90 Å². The van der Waals surface area contributed by atoms with Crippen LogP contribution < -0.4 is 5.32 Å². The molecule has 1 aliphatic rings. The molecule has 1 heterocycles. The molecule has 0 saturated heterocycles. The van der Waals surface area contributed by atoms with Gasteiger partial charge >= 0.3 is 0 Å². The maximum Gasteiger partial charge on any atom is 0.230 e. The van der Waals surface area contributed by atoms with Gasteiger partial charge in [0.15, 0.2) is 0 Å². The number of nitrogens with one attached hydrogen (secondary N) is 1. The van der Waals surface area contributed by atoms with Crippen molar-refractivity contribution in [2.24, 2.45) is 0 Å². The zero-order chi connectivity index (χ0) is 18.4. The average Bonchev–Trinajstić information content (AvgIpc) is 3.34. The van der Waals surface area contributed by atoms with Gasteiger partial charge in [-0.3, -0.25) is 4.79 Å². The van der Waals surface area contributed by atoms with E-state index in [4.69, 9.17) is 11.6 Å². The van der Waals surface area contributed by atoms with Crippen LogP contribution in [-0.4, -0.2) is 24.2 Å². The number of amides is 1. The summed E-state index contributed by atoms with van der Waals surface area (Å²) in [6, 6.07) is 9.84. The predicted octanol–water partition coefficient (Wildman–Crippen LogP) is 4.89. The lowest BCUT2D eigenvalue weighted by Crippen LogP contribution is -2.43. The van der Waals surface area contributed by atoms with Gasteiger partial charge in [-0.15, -0.1) is 0 Å². The lowest BCUT2D eigenvalue weighted by Gasteiger charge is -2.29. The van der Waals surface area contributed by atoms with Gasteiger partial charge < -0.3 is 10.4 Å². The lowest BCUT2D eigenvalue weighted by atomic mass is 9.78. The fourth-order valence-corrected chi connectivity index (χ4v) is 4.93. The molecule has 0 aliphatic heterocycles. The molecule has 2 aromatic rings. The second kappa shape index (κ2) is 9.03. The molecule has 1 saturated carbocycles. The molecule has 2 N–H and O–H groups in total. The molecule has 1 aliphatic carbocycles. The maximum atomic E-state index is 13.1. The summed E-state index contributed by atoms with van der Waals surface area (Å²) in [5.74, 6) is 0.423. The van der Waals surface area contributed by atoms with Crippen molar-refractivity contribution in [2.45, 2.75) is 49.9 Å². The Hall–Kier alpha value is -1.36. The van der Waals surface area contributed by atoms with Gasteiger partial charge in [-0.25, -0.2) is 0 Å². The standard InChI is InChI=1S/C21H26ClNO2S/c22-19-5-3-18(4-6-19)21(10-1-2-11-21)20(25)23-12-7-16(8-13-24)17-9-14-26-15-17/h3-6,9,14-16,24H,1-2,7-8,10-13H2,(H,23,25)/t16-/m1/s1. The van der Waals surface area contributed by atoms with Crippen LogP contribution in [0.3, 0.4) is 0 Å². The summed E-state index contributed by atoms with van der Waals surface area (Å²) in [7, 11) is 0. The first-order valence-electron chi connectivity index (χ1n) is 9.33. The van der Waals surface area contributed by atoms with E-state index in [9.17, 15) is 9.90 Å². The minimum absolute atomic E-state index is 0.130. The highest BCUT2D eigenvalue weighted by molar-refractivity contribution is 7.07. The van der Waals surface area contributed by atoms with Gasteiger partial charge in [0.25, 0.3) is 0 Å². The first-order valence-corrected chi connectivity index (χ1v) is 10.6. The van der Waals surface area contributed by atoms with Gasteiger partial charge in [0.05, 0.1) is 5.41 Å². The summed E-state index contributed by atoms with van der Waals surface area (Å²) >= 11 is 7.69. The summed E-state index contributed by atoms with van der Waals surface area (Å²) < 4.78 is 0. The molecule has 1 fully saturated rings. The number of hydrogen-bond acceptors (Lipinski definition) is 3. The molecule has 1 aromatic carbocycles. The highest BCUT2D eigenvalue weighted by Gasteiger charge is 2.42. The van der Waals surface area contributed by atoms with Gasteiger partial charge in [0, 0.05) is 18.2 Å². The van der Waals surface area contributed by atoms with E-state index in [1.54, 1.807) is 11.3 Å². The molecule has 0 spiro atoms. The number of carbonyl (C=O) groups is 1. The molecule has 5 heteroatoms. The summed E-state index contributed by atoms with van der Waals surface area (Å²) in [5, 5.41) is 17.4. The second-order valence-corrected chi connectivity index (χ2v) is 8.32. The molecule has 1 aromatic heterocycles. The minimum Gasteiger partial charge on any atom is -0.396 e.